The Hall–Kier alpha value is -1.70. The molecule has 0 aliphatic rings. The average molecular weight is 449 g/mol. The van der Waals surface area contributed by atoms with E-state index in [4.69, 9.17) is 0 Å². The van der Waals surface area contributed by atoms with Crippen LogP contribution in [0.1, 0.15) is 20.7 Å². The molecule has 5 heteroatoms. The molecule has 4 radical (unpaired) electrons. The first-order valence-electron chi connectivity index (χ1n) is 5.30. The Kier molecular flexibility index (Phi) is 6.20. The maximum Gasteiger partial charge on any atom is 0.386 e. The van der Waals surface area contributed by atoms with Gasteiger partial charge in [0.15, 0.2) is 0 Å². The van der Waals surface area contributed by atoms with Crippen LogP contribution in [-0.4, -0.2) is 39.2 Å². The van der Waals surface area contributed by atoms with E-state index in [1.807, 2.05) is 0 Å². The number of carbonyl (C=O) groups excluding carboxylic acids is 2. The zero-order chi connectivity index (χ0) is 12.8. The molecule has 2 aromatic rings. The Bertz CT molecular complexity index is 488. The zero-order valence-corrected chi connectivity index (χ0v) is 13.8. The summed E-state index contributed by atoms with van der Waals surface area (Å²) in [6, 6.07) is 16.6. The van der Waals surface area contributed by atoms with E-state index in [2.05, 4.69) is 9.78 Å². The summed E-state index contributed by atoms with van der Waals surface area (Å²) in [4.78, 5) is 31.9. The molecule has 0 atom stereocenters. The van der Waals surface area contributed by atoms with Gasteiger partial charge in [0.2, 0.25) is 0 Å². The zero-order valence-electron chi connectivity index (χ0n) is 9.91. The van der Waals surface area contributed by atoms with Crippen molar-refractivity contribution in [1.82, 2.24) is 0 Å². The fourth-order valence-corrected chi connectivity index (χ4v) is 1.32. The Labute approximate surface area is 130 Å². The van der Waals surface area contributed by atoms with Crippen LogP contribution in [-0.2, 0) is 9.78 Å². The van der Waals surface area contributed by atoms with E-state index in [-0.39, 0.29) is 27.3 Å². The van der Waals surface area contributed by atoms with Crippen molar-refractivity contribution in [1.29, 1.82) is 0 Å². The minimum atomic E-state index is -0.708. The first-order valence-corrected chi connectivity index (χ1v) is 5.30. The molecule has 0 aliphatic carbocycles. The van der Waals surface area contributed by atoms with Gasteiger partial charge < -0.3 is 0 Å². The maximum absolute atomic E-state index is 11.5. The fourth-order valence-electron chi connectivity index (χ4n) is 1.32. The van der Waals surface area contributed by atoms with Gasteiger partial charge in [-0.2, -0.15) is 0 Å². The summed E-state index contributed by atoms with van der Waals surface area (Å²) >= 11 is 0. The van der Waals surface area contributed by atoms with Crippen molar-refractivity contribution < 1.29 is 19.4 Å². The van der Waals surface area contributed by atoms with Gasteiger partial charge in [-0.15, -0.1) is 0 Å². The molecule has 0 bridgehead atoms. The molecule has 4 nitrogen and oxygen atoms in total. The van der Waals surface area contributed by atoms with E-state index in [0.29, 0.717) is 11.1 Å². The summed E-state index contributed by atoms with van der Waals surface area (Å²) in [6.07, 6.45) is 0. The van der Waals surface area contributed by atoms with Crippen LogP contribution in [0.3, 0.4) is 0 Å². The second-order valence-corrected chi connectivity index (χ2v) is 3.47. The predicted molar refractivity (Wildman–Crippen MR) is 69.5 cm³/mol. The standard InChI is InChI=1S/C14H10O4.Pb/c15-13(11-7-3-1-4-8-11)17-18-14(16)12-9-5-2-6-10-12;/h1-10H;. The number of carbonyl (C=O) groups is 2. The molecule has 19 heavy (non-hydrogen) atoms. The average Bonchev–Trinajstić information content (AvgIpc) is 2.46. The summed E-state index contributed by atoms with van der Waals surface area (Å²) < 4.78 is 0. The van der Waals surface area contributed by atoms with Gasteiger partial charge in [-0.3, -0.25) is 0 Å². The number of rotatable bonds is 2. The van der Waals surface area contributed by atoms with E-state index < -0.39 is 11.9 Å². The van der Waals surface area contributed by atoms with Crippen LogP contribution in [0.4, 0.5) is 0 Å². The molecule has 0 spiro atoms. The largest absolute Gasteiger partial charge is 0.386 e. The summed E-state index contributed by atoms with van der Waals surface area (Å²) in [5, 5.41) is 0. The smallest absolute Gasteiger partial charge is 0.242 e. The molecular formula is C14H10O4Pb. The molecule has 0 amide bonds. The second-order valence-electron chi connectivity index (χ2n) is 3.47. The number of hydrogen-bond donors (Lipinski definition) is 0. The van der Waals surface area contributed by atoms with Crippen molar-refractivity contribution in [2.75, 3.05) is 0 Å². The third kappa shape index (κ3) is 4.47. The summed E-state index contributed by atoms with van der Waals surface area (Å²) in [6.45, 7) is 0. The van der Waals surface area contributed by atoms with Gasteiger partial charge in [0, 0.05) is 27.3 Å². The Morgan fingerprint density at radius 1 is 0.632 bits per heavy atom. The topological polar surface area (TPSA) is 52.6 Å². The van der Waals surface area contributed by atoms with Crippen LogP contribution in [0.2, 0.25) is 0 Å². The molecule has 2 aromatic carbocycles. The van der Waals surface area contributed by atoms with Crippen LogP contribution in [0.15, 0.2) is 60.7 Å². The maximum atomic E-state index is 11.5. The van der Waals surface area contributed by atoms with Crippen LogP contribution in [0, 0.1) is 0 Å². The molecule has 0 aromatic heterocycles. The first kappa shape index (κ1) is 15.4. The normalized spacial score (nSPS) is 9.05. The number of hydrogen-bond acceptors (Lipinski definition) is 4. The van der Waals surface area contributed by atoms with Crippen molar-refractivity contribution in [2.45, 2.75) is 0 Å². The van der Waals surface area contributed by atoms with Crippen molar-refractivity contribution in [3.8, 4) is 0 Å². The summed E-state index contributed by atoms with van der Waals surface area (Å²) in [5.41, 5.74) is 0.636. The summed E-state index contributed by atoms with van der Waals surface area (Å²) in [7, 11) is 0. The SMILES string of the molecule is O=C(OOC(=O)c1ccccc1)c1ccccc1.[Pb]. The van der Waals surface area contributed by atoms with E-state index >= 15 is 0 Å². The Balaban J connectivity index is 0.00000180. The molecule has 0 heterocycles. The third-order valence-electron chi connectivity index (χ3n) is 2.21. The van der Waals surface area contributed by atoms with Crippen LogP contribution >= 0.6 is 0 Å². The van der Waals surface area contributed by atoms with Crippen LogP contribution in [0.25, 0.3) is 0 Å². The quantitative estimate of drug-likeness (QED) is 0.401. The van der Waals surface area contributed by atoms with Gasteiger partial charge >= 0.3 is 11.9 Å². The van der Waals surface area contributed by atoms with Gasteiger partial charge in [0.1, 0.15) is 0 Å². The Morgan fingerprint density at radius 3 is 1.26 bits per heavy atom. The predicted octanol–water partition coefficient (Wildman–Crippen LogP) is 2.23. The van der Waals surface area contributed by atoms with Gasteiger partial charge in [0.25, 0.3) is 0 Å². The van der Waals surface area contributed by atoms with Gasteiger partial charge in [-0.25, -0.2) is 19.4 Å². The molecule has 2 rings (SSSR count). The minimum absolute atomic E-state index is 0. The molecule has 0 saturated carbocycles. The van der Waals surface area contributed by atoms with Crippen LogP contribution < -0.4 is 0 Å². The van der Waals surface area contributed by atoms with Crippen molar-refractivity contribution in [2.24, 2.45) is 0 Å². The van der Waals surface area contributed by atoms with Crippen molar-refractivity contribution >= 4 is 39.2 Å². The fraction of sp³-hybridized carbons (Fsp3) is 0. The van der Waals surface area contributed by atoms with Crippen molar-refractivity contribution in [3.63, 3.8) is 0 Å². The first-order chi connectivity index (χ1) is 8.77. The van der Waals surface area contributed by atoms with Crippen molar-refractivity contribution in [3.05, 3.63) is 71.8 Å². The minimum Gasteiger partial charge on any atom is -0.242 e. The molecule has 0 saturated heterocycles. The van der Waals surface area contributed by atoms with Gasteiger partial charge in [-0.05, 0) is 24.3 Å². The molecule has 94 valence electrons. The van der Waals surface area contributed by atoms with E-state index in [1.165, 1.54) is 0 Å². The Morgan fingerprint density at radius 2 is 0.947 bits per heavy atom. The third-order valence-corrected chi connectivity index (χ3v) is 2.21. The second kappa shape index (κ2) is 7.67. The molecule has 0 aliphatic heterocycles. The van der Waals surface area contributed by atoms with Gasteiger partial charge in [0.05, 0.1) is 11.1 Å². The molecule has 0 fully saturated rings. The van der Waals surface area contributed by atoms with Crippen LogP contribution in [0.5, 0.6) is 0 Å². The molecular weight excluding hydrogens is 439 g/mol. The van der Waals surface area contributed by atoms with E-state index in [1.54, 1.807) is 60.7 Å². The molecule has 0 unspecified atom stereocenters. The van der Waals surface area contributed by atoms with E-state index in [0.717, 1.165) is 0 Å². The number of benzene rings is 2. The monoisotopic (exact) mass is 450 g/mol. The van der Waals surface area contributed by atoms with E-state index in [9.17, 15) is 9.59 Å². The van der Waals surface area contributed by atoms with Gasteiger partial charge in [-0.1, -0.05) is 36.4 Å². The molecule has 0 N–H and O–H groups in total. The summed E-state index contributed by atoms with van der Waals surface area (Å²) in [5.74, 6) is -1.42.